The van der Waals surface area contributed by atoms with Crippen LogP contribution in [0, 0.1) is 0 Å². The Bertz CT molecular complexity index is 666. The highest BCUT2D eigenvalue weighted by Gasteiger charge is 2.42. The molecule has 0 bridgehead atoms. The summed E-state index contributed by atoms with van der Waals surface area (Å²) < 4.78 is 0. The van der Waals surface area contributed by atoms with E-state index in [0.717, 1.165) is 0 Å². The highest BCUT2D eigenvalue weighted by Crippen LogP contribution is 2.37. The number of amides is 3. The summed E-state index contributed by atoms with van der Waals surface area (Å²) in [6.07, 6.45) is 0.503. The van der Waals surface area contributed by atoms with Gasteiger partial charge < -0.3 is 5.73 Å². The SMILES string of the molecule is C=C1c2c(N)cccc2C(=O)N1C1CCC(=O)NC1=O. The van der Waals surface area contributed by atoms with Crippen molar-refractivity contribution in [3.63, 3.8) is 0 Å². The molecular formula is C14H13N3O3. The molecule has 2 heterocycles. The molecule has 1 atom stereocenters. The van der Waals surface area contributed by atoms with E-state index in [1.54, 1.807) is 18.2 Å². The van der Waals surface area contributed by atoms with Crippen LogP contribution >= 0.6 is 0 Å². The number of nitrogens with two attached hydrogens (primary N) is 1. The number of hydrogen-bond acceptors (Lipinski definition) is 4. The average Bonchev–Trinajstić information content (AvgIpc) is 2.64. The van der Waals surface area contributed by atoms with Crippen molar-refractivity contribution in [3.8, 4) is 0 Å². The summed E-state index contributed by atoms with van der Waals surface area (Å²) in [5.41, 5.74) is 7.76. The smallest absolute Gasteiger partial charge is 0.259 e. The van der Waals surface area contributed by atoms with Gasteiger partial charge in [-0.3, -0.25) is 24.6 Å². The van der Waals surface area contributed by atoms with Crippen molar-refractivity contribution in [2.75, 3.05) is 5.73 Å². The zero-order chi connectivity index (χ0) is 14.4. The molecule has 0 radical (unpaired) electrons. The molecule has 1 aromatic rings. The standard InChI is InChI=1S/C14H13N3O3/c1-7-12-8(3-2-4-9(12)15)14(20)17(7)10-5-6-11(18)16-13(10)19/h2-4,10H,1,5-6,15H2,(H,16,18,19). The monoisotopic (exact) mass is 271 g/mol. The molecule has 2 aliphatic rings. The van der Waals surface area contributed by atoms with Crippen LogP contribution in [0.25, 0.3) is 5.70 Å². The predicted molar refractivity (Wildman–Crippen MR) is 72.2 cm³/mol. The molecule has 6 heteroatoms. The van der Waals surface area contributed by atoms with Crippen molar-refractivity contribution in [3.05, 3.63) is 35.9 Å². The number of anilines is 1. The lowest BCUT2D eigenvalue weighted by atomic mass is 10.0. The van der Waals surface area contributed by atoms with E-state index in [1.807, 2.05) is 0 Å². The highest BCUT2D eigenvalue weighted by atomic mass is 16.2. The van der Waals surface area contributed by atoms with Gasteiger partial charge in [0.15, 0.2) is 0 Å². The second kappa shape index (κ2) is 4.19. The fourth-order valence-electron chi connectivity index (χ4n) is 2.70. The van der Waals surface area contributed by atoms with Crippen LogP contribution < -0.4 is 11.1 Å². The maximum absolute atomic E-state index is 12.4. The first-order chi connectivity index (χ1) is 9.50. The third kappa shape index (κ3) is 1.61. The van der Waals surface area contributed by atoms with Crippen LogP contribution in [0.4, 0.5) is 5.69 Å². The van der Waals surface area contributed by atoms with Gasteiger partial charge in [0.1, 0.15) is 6.04 Å². The zero-order valence-electron chi connectivity index (χ0n) is 10.7. The molecule has 0 aliphatic carbocycles. The fraction of sp³-hybridized carbons (Fsp3) is 0.214. The van der Waals surface area contributed by atoms with Crippen molar-refractivity contribution >= 4 is 29.1 Å². The Balaban J connectivity index is 2.00. The van der Waals surface area contributed by atoms with Crippen LogP contribution in [-0.4, -0.2) is 28.7 Å². The Hall–Kier alpha value is -2.63. The lowest BCUT2D eigenvalue weighted by Crippen LogP contribution is -2.52. The predicted octanol–water partition coefficient (Wildman–Crippen LogP) is 0.500. The maximum Gasteiger partial charge on any atom is 0.259 e. The number of nitrogens with zero attached hydrogens (tertiary/aromatic N) is 1. The van der Waals surface area contributed by atoms with E-state index in [1.165, 1.54) is 4.90 Å². The first kappa shape index (κ1) is 12.4. The van der Waals surface area contributed by atoms with Gasteiger partial charge in [0, 0.05) is 23.4 Å². The number of hydrogen-bond donors (Lipinski definition) is 2. The number of nitrogens with one attached hydrogen (secondary N) is 1. The molecule has 1 aromatic carbocycles. The van der Waals surface area contributed by atoms with Gasteiger partial charge in [-0.2, -0.15) is 0 Å². The number of nitrogen functional groups attached to an aromatic ring is 1. The molecule has 0 spiro atoms. The Morgan fingerprint density at radius 1 is 1.30 bits per heavy atom. The fourth-order valence-corrected chi connectivity index (χ4v) is 2.70. The Morgan fingerprint density at radius 2 is 2.05 bits per heavy atom. The van der Waals surface area contributed by atoms with E-state index in [9.17, 15) is 14.4 Å². The van der Waals surface area contributed by atoms with Crippen molar-refractivity contribution in [2.45, 2.75) is 18.9 Å². The molecule has 3 N–H and O–H groups in total. The van der Waals surface area contributed by atoms with Crippen LogP contribution in [-0.2, 0) is 9.59 Å². The molecule has 6 nitrogen and oxygen atoms in total. The largest absolute Gasteiger partial charge is 0.398 e. The summed E-state index contributed by atoms with van der Waals surface area (Å²) >= 11 is 0. The van der Waals surface area contributed by atoms with Gasteiger partial charge in [-0.25, -0.2) is 0 Å². The quantitative estimate of drug-likeness (QED) is 0.574. The van der Waals surface area contributed by atoms with Gasteiger partial charge in [0.25, 0.3) is 5.91 Å². The minimum absolute atomic E-state index is 0.208. The third-order valence-electron chi connectivity index (χ3n) is 3.65. The van der Waals surface area contributed by atoms with Crippen LogP contribution in [0.3, 0.4) is 0 Å². The van der Waals surface area contributed by atoms with E-state index < -0.39 is 11.9 Å². The van der Waals surface area contributed by atoms with Crippen molar-refractivity contribution < 1.29 is 14.4 Å². The van der Waals surface area contributed by atoms with Crippen molar-refractivity contribution in [1.82, 2.24) is 10.2 Å². The van der Waals surface area contributed by atoms with Gasteiger partial charge in [-0.05, 0) is 18.6 Å². The molecule has 1 unspecified atom stereocenters. The van der Waals surface area contributed by atoms with Crippen LogP contribution in [0.5, 0.6) is 0 Å². The molecule has 3 rings (SSSR count). The van der Waals surface area contributed by atoms with Crippen LogP contribution in [0.1, 0.15) is 28.8 Å². The van der Waals surface area contributed by atoms with Gasteiger partial charge in [0.05, 0.1) is 5.56 Å². The molecule has 0 saturated carbocycles. The number of rotatable bonds is 1. The summed E-state index contributed by atoms with van der Waals surface area (Å²) in [5, 5.41) is 2.24. The van der Waals surface area contributed by atoms with E-state index >= 15 is 0 Å². The summed E-state index contributed by atoms with van der Waals surface area (Å²) in [6, 6.07) is 4.32. The highest BCUT2D eigenvalue weighted by molar-refractivity contribution is 6.14. The summed E-state index contributed by atoms with van der Waals surface area (Å²) in [5.74, 6) is -1.09. The van der Waals surface area contributed by atoms with E-state index in [4.69, 9.17) is 5.73 Å². The van der Waals surface area contributed by atoms with Gasteiger partial charge >= 0.3 is 0 Å². The number of benzene rings is 1. The van der Waals surface area contributed by atoms with Crippen molar-refractivity contribution in [1.29, 1.82) is 0 Å². The van der Waals surface area contributed by atoms with Crippen LogP contribution in [0.15, 0.2) is 24.8 Å². The molecule has 1 saturated heterocycles. The Morgan fingerprint density at radius 3 is 2.70 bits per heavy atom. The van der Waals surface area contributed by atoms with E-state index in [-0.39, 0.29) is 18.2 Å². The summed E-state index contributed by atoms with van der Waals surface area (Å²) in [7, 11) is 0. The van der Waals surface area contributed by atoms with E-state index in [2.05, 4.69) is 11.9 Å². The minimum Gasteiger partial charge on any atom is -0.398 e. The number of carbonyl (C=O) groups excluding carboxylic acids is 3. The molecule has 2 aliphatic heterocycles. The number of fused-ring (bicyclic) bond motifs is 1. The lowest BCUT2D eigenvalue weighted by molar-refractivity contribution is -0.136. The molecule has 3 amide bonds. The molecule has 20 heavy (non-hydrogen) atoms. The number of imide groups is 1. The Labute approximate surface area is 115 Å². The average molecular weight is 271 g/mol. The molecule has 1 fully saturated rings. The normalized spacial score (nSPS) is 22.0. The molecule has 0 aromatic heterocycles. The second-order valence-corrected chi connectivity index (χ2v) is 4.86. The summed E-state index contributed by atoms with van der Waals surface area (Å²) in [6.45, 7) is 3.88. The first-order valence-electron chi connectivity index (χ1n) is 6.25. The minimum atomic E-state index is -0.709. The third-order valence-corrected chi connectivity index (χ3v) is 3.65. The topological polar surface area (TPSA) is 92.5 Å². The maximum atomic E-state index is 12.4. The first-order valence-corrected chi connectivity index (χ1v) is 6.25. The van der Waals surface area contributed by atoms with Gasteiger partial charge in [-0.15, -0.1) is 0 Å². The lowest BCUT2D eigenvalue weighted by Gasteiger charge is -2.30. The molecule has 102 valence electrons. The second-order valence-electron chi connectivity index (χ2n) is 4.86. The van der Waals surface area contributed by atoms with Gasteiger partial charge in [-0.1, -0.05) is 12.6 Å². The van der Waals surface area contributed by atoms with Crippen molar-refractivity contribution in [2.24, 2.45) is 0 Å². The zero-order valence-corrected chi connectivity index (χ0v) is 10.7. The van der Waals surface area contributed by atoms with E-state index in [0.29, 0.717) is 28.9 Å². The Kier molecular flexibility index (Phi) is 2.60. The van der Waals surface area contributed by atoms with Crippen LogP contribution in [0.2, 0.25) is 0 Å². The molecular weight excluding hydrogens is 258 g/mol. The number of piperidine rings is 1. The van der Waals surface area contributed by atoms with Gasteiger partial charge in [0.2, 0.25) is 11.8 Å². The summed E-state index contributed by atoms with van der Waals surface area (Å²) in [4.78, 5) is 36.9. The number of carbonyl (C=O) groups is 3.